The van der Waals surface area contributed by atoms with Crippen LogP contribution in [-0.2, 0) is 0 Å². The molecule has 0 saturated carbocycles. The van der Waals surface area contributed by atoms with Crippen LogP contribution in [0.1, 0.15) is 0 Å². The fourth-order valence-electron chi connectivity index (χ4n) is 4.14. The van der Waals surface area contributed by atoms with Crippen LogP contribution < -0.4 is 20.7 Å². The van der Waals surface area contributed by atoms with E-state index in [0.29, 0.717) is 17.4 Å². The molecule has 1 aliphatic rings. The van der Waals surface area contributed by atoms with Gasteiger partial charge < -0.3 is 30.6 Å². The van der Waals surface area contributed by atoms with Crippen LogP contribution in [0.5, 0.6) is 5.75 Å². The van der Waals surface area contributed by atoms with E-state index in [9.17, 15) is 0 Å². The number of piperazine rings is 1. The molecule has 0 spiro atoms. The fraction of sp³-hybridized carbons (Fsp3) is 0.250. The third kappa shape index (κ3) is 3.80. The number of H-pyrrole nitrogens is 1. The van der Waals surface area contributed by atoms with Crippen molar-refractivity contribution in [3.63, 3.8) is 0 Å². The lowest BCUT2D eigenvalue weighted by Crippen LogP contribution is -2.44. The molecule has 0 unspecified atom stereocenters. The lowest BCUT2D eigenvalue weighted by Gasteiger charge is -2.35. The number of rotatable bonds is 5. The summed E-state index contributed by atoms with van der Waals surface area (Å²) in [6, 6.07) is 14.0. The third-order valence-electron chi connectivity index (χ3n) is 5.96. The number of nitrogens with two attached hydrogens (primary N) is 1. The molecule has 1 fully saturated rings. The molecule has 4 N–H and O–H groups in total. The molecule has 0 atom stereocenters. The summed E-state index contributed by atoms with van der Waals surface area (Å²) in [7, 11) is 3.78. The maximum absolute atomic E-state index is 6.24. The SMILES string of the molecule is COc1cc(N2CCN(C)CC2)c(Nc2nccc(-c3c[nH]c4ccccc34)n2)cc1N. The first-order valence-corrected chi connectivity index (χ1v) is 10.7. The summed E-state index contributed by atoms with van der Waals surface area (Å²) in [6.07, 6.45) is 3.76. The largest absolute Gasteiger partial charge is 0.495 e. The summed E-state index contributed by atoms with van der Waals surface area (Å²) < 4.78 is 5.49. The number of hydrogen-bond acceptors (Lipinski definition) is 7. The van der Waals surface area contributed by atoms with E-state index in [-0.39, 0.29) is 0 Å². The molecule has 8 heteroatoms. The Bertz CT molecular complexity index is 1240. The number of ether oxygens (including phenoxy) is 1. The van der Waals surface area contributed by atoms with Gasteiger partial charge in [0.25, 0.3) is 0 Å². The summed E-state index contributed by atoms with van der Waals surface area (Å²) >= 11 is 0. The molecule has 2 aromatic carbocycles. The Balaban J connectivity index is 1.50. The molecule has 164 valence electrons. The average Bonchev–Trinajstić information content (AvgIpc) is 3.24. The molecular weight excluding hydrogens is 402 g/mol. The van der Waals surface area contributed by atoms with Crippen LogP contribution in [-0.4, -0.2) is 60.2 Å². The Kier molecular flexibility index (Phi) is 5.28. The van der Waals surface area contributed by atoms with Gasteiger partial charge in [-0.05, 0) is 25.2 Å². The van der Waals surface area contributed by atoms with Gasteiger partial charge in [0.05, 0.1) is 29.9 Å². The molecule has 0 aliphatic carbocycles. The first-order chi connectivity index (χ1) is 15.6. The van der Waals surface area contributed by atoms with Gasteiger partial charge in [-0.2, -0.15) is 0 Å². The Labute approximate surface area is 187 Å². The number of nitrogen functional groups attached to an aromatic ring is 1. The van der Waals surface area contributed by atoms with Crippen molar-refractivity contribution in [2.45, 2.75) is 0 Å². The second-order valence-corrected chi connectivity index (χ2v) is 8.04. The number of anilines is 4. The van der Waals surface area contributed by atoms with Crippen molar-refractivity contribution in [2.75, 3.05) is 56.3 Å². The minimum atomic E-state index is 0.521. The summed E-state index contributed by atoms with van der Waals surface area (Å²) in [6.45, 7) is 3.85. The molecule has 0 radical (unpaired) electrons. The van der Waals surface area contributed by atoms with Crippen LogP contribution in [0.4, 0.5) is 23.0 Å². The number of methoxy groups -OCH3 is 1. The van der Waals surface area contributed by atoms with Gasteiger partial charge in [-0.1, -0.05) is 18.2 Å². The summed E-state index contributed by atoms with van der Waals surface area (Å²) in [5.41, 5.74) is 11.7. The highest BCUT2D eigenvalue weighted by atomic mass is 16.5. The molecule has 1 aliphatic heterocycles. The predicted octanol–water partition coefficient (Wildman–Crippen LogP) is 3.71. The van der Waals surface area contributed by atoms with E-state index in [4.69, 9.17) is 15.5 Å². The van der Waals surface area contributed by atoms with E-state index in [1.807, 2.05) is 36.5 Å². The normalized spacial score (nSPS) is 14.6. The van der Waals surface area contributed by atoms with Gasteiger partial charge in [0.2, 0.25) is 5.95 Å². The second kappa shape index (κ2) is 8.39. The maximum Gasteiger partial charge on any atom is 0.227 e. The van der Waals surface area contributed by atoms with Crippen LogP contribution in [0.2, 0.25) is 0 Å². The topological polar surface area (TPSA) is 95.3 Å². The number of nitrogens with zero attached hydrogens (tertiary/aromatic N) is 4. The Morgan fingerprint density at radius 2 is 1.91 bits per heavy atom. The number of aromatic amines is 1. The van der Waals surface area contributed by atoms with Crippen molar-refractivity contribution in [3.8, 4) is 17.0 Å². The average molecular weight is 430 g/mol. The summed E-state index contributed by atoms with van der Waals surface area (Å²) in [5.74, 6) is 1.19. The number of likely N-dealkylation sites (N-methyl/N-ethyl adjacent to an activating group) is 1. The smallest absolute Gasteiger partial charge is 0.227 e. The molecular formula is C24H27N7O. The quantitative estimate of drug-likeness (QED) is 0.416. The number of para-hydroxylation sites is 1. The highest BCUT2D eigenvalue weighted by molar-refractivity contribution is 5.94. The number of nitrogens with one attached hydrogen (secondary N) is 2. The highest BCUT2D eigenvalue weighted by Crippen LogP contribution is 2.37. The van der Waals surface area contributed by atoms with Crippen LogP contribution in [0.15, 0.2) is 54.9 Å². The number of fused-ring (bicyclic) bond motifs is 1. The maximum atomic E-state index is 6.24. The molecule has 3 heterocycles. The van der Waals surface area contributed by atoms with Crippen LogP contribution in [0, 0.1) is 0 Å². The van der Waals surface area contributed by atoms with Gasteiger partial charge in [0, 0.05) is 61.1 Å². The van der Waals surface area contributed by atoms with Crippen molar-refractivity contribution in [1.29, 1.82) is 0 Å². The zero-order chi connectivity index (χ0) is 22.1. The lowest BCUT2D eigenvalue weighted by atomic mass is 10.1. The third-order valence-corrected chi connectivity index (χ3v) is 5.96. The monoisotopic (exact) mass is 429 g/mol. The predicted molar refractivity (Wildman–Crippen MR) is 130 cm³/mol. The standard InChI is InChI=1S/C24H27N7O/c1-30-9-11-31(12-10-30)22-14-23(32-2)18(25)13-21(22)29-24-26-8-7-20(28-24)17-15-27-19-6-4-3-5-16(17)19/h3-8,13-15,27H,9-12,25H2,1-2H3,(H,26,28,29). The summed E-state index contributed by atoms with van der Waals surface area (Å²) in [5, 5.41) is 4.53. The zero-order valence-electron chi connectivity index (χ0n) is 18.3. The number of aromatic nitrogens is 3. The molecule has 8 nitrogen and oxygen atoms in total. The zero-order valence-corrected chi connectivity index (χ0v) is 18.3. The minimum absolute atomic E-state index is 0.521. The Hall–Kier alpha value is -3.78. The second-order valence-electron chi connectivity index (χ2n) is 8.04. The fourth-order valence-corrected chi connectivity index (χ4v) is 4.14. The van der Waals surface area contributed by atoms with Gasteiger partial charge in [-0.15, -0.1) is 0 Å². The van der Waals surface area contributed by atoms with E-state index in [1.165, 1.54) is 0 Å². The molecule has 4 aromatic rings. The van der Waals surface area contributed by atoms with Gasteiger partial charge in [-0.3, -0.25) is 0 Å². The number of hydrogen-bond donors (Lipinski definition) is 3. The molecule has 5 rings (SSSR count). The lowest BCUT2D eigenvalue weighted by molar-refractivity contribution is 0.313. The van der Waals surface area contributed by atoms with Crippen molar-refractivity contribution >= 4 is 33.9 Å². The van der Waals surface area contributed by atoms with Crippen molar-refractivity contribution in [1.82, 2.24) is 19.9 Å². The first kappa shape index (κ1) is 20.1. The molecule has 1 saturated heterocycles. The van der Waals surface area contributed by atoms with Crippen LogP contribution >= 0.6 is 0 Å². The van der Waals surface area contributed by atoms with E-state index >= 15 is 0 Å². The van der Waals surface area contributed by atoms with E-state index in [2.05, 4.69) is 44.3 Å². The van der Waals surface area contributed by atoms with Crippen LogP contribution in [0.3, 0.4) is 0 Å². The van der Waals surface area contributed by atoms with Crippen molar-refractivity contribution < 1.29 is 4.74 Å². The van der Waals surface area contributed by atoms with Gasteiger partial charge in [0.15, 0.2) is 0 Å². The van der Waals surface area contributed by atoms with Crippen LogP contribution in [0.25, 0.3) is 22.2 Å². The van der Waals surface area contributed by atoms with E-state index in [0.717, 1.165) is 59.7 Å². The molecule has 2 aromatic heterocycles. The molecule has 0 bridgehead atoms. The highest BCUT2D eigenvalue weighted by Gasteiger charge is 2.20. The minimum Gasteiger partial charge on any atom is -0.495 e. The van der Waals surface area contributed by atoms with E-state index in [1.54, 1.807) is 13.3 Å². The number of benzene rings is 2. The van der Waals surface area contributed by atoms with Crippen molar-refractivity contribution in [2.24, 2.45) is 0 Å². The Morgan fingerprint density at radius 3 is 2.72 bits per heavy atom. The first-order valence-electron chi connectivity index (χ1n) is 10.7. The van der Waals surface area contributed by atoms with Crippen molar-refractivity contribution in [3.05, 3.63) is 54.9 Å². The van der Waals surface area contributed by atoms with Gasteiger partial charge in [0.1, 0.15) is 5.75 Å². The Morgan fingerprint density at radius 1 is 1.09 bits per heavy atom. The van der Waals surface area contributed by atoms with Gasteiger partial charge in [-0.25, -0.2) is 9.97 Å². The summed E-state index contributed by atoms with van der Waals surface area (Å²) in [4.78, 5) is 17.2. The van der Waals surface area contributed by atoms with Gasteiger partial charge >= 0.3 is 0 Å². The molecule has 0 amide bonds. The van der Waals surface area contributed by atoms with E-state index < -0.39 is 0 Å². The molecule has 32 heavy (non-hydrogen) atoms.